The van der Waals surface area contributed by atoms with Crippen molar-refractivity contribution in [2.75, 3.05) is 6.61 Å². The van der Waals surface area contributed by atoms with Gasteiger partial charge < -0.3 is 5.11 Å². The van der Waals surface area contributed by atoms with E-state index in [2.05, 4.69) is 17.5 Å². The molecule has 0 aromatic carbocycles. The van der Waals surface area contributed by atoms with Crippen LogP contribution < -0.4 is 0 Å². The minimum absolute atomic E-state index is 0.0833. The number of hydrogen-bond acceptors (Lipinski definition) is 1. The molecular formula is C3H4O. The van der Waals surface area contributed by atoms with Gasteiger partial charge in [-0.1, -0.05) is 5.92 Å². The summed E-state index contributed by atoms with van der Waals surface area (Å²) in [6, 6.07) is 0. The van der Waals surface area contributed by atoms with Crippen LogP contribution in [0.4, 0.5) is 0 Å². The third kappa shape index (κ3) is 1.52. The predicted octanol–water partition coefficient (Wildman–Crippen LogP) is -0.388. The normalized spacial score (nSPS) is 8.25. The Hall–Kier alpha value is -0.480. The van der Waals surface area contributed by atoms with Crippen LogP contribution in [-0.2, 0) is 0 Å². The van der Waals surface area contributed by atoms with Gasteiger partial charge in [0.2, 0.25) is 1.43 Å². The maximum atomic E-state index is 5.96. The minimum Gasteiger partial charge on any atom is -0.384 e. The van der Waals surface area contributed by atoms with E-state index in [4.69, 9.17) is 1.43 Å². The summed E-state index contributed by atoms with van der Waals surface area (Å²) in [6.07, 6.45) is 4.64. The third-order valence-corrected chi connectivity index (χ3v) is 0.0833. The van der Waals surface area contributed by atoms with Crippen LogP contribution in [0, 0.1) is 12.3 Å². The zero-order chi connectivity index (χ0) is 4.12. The van der Waals surface area contributed by atoms with Gasteiger partial charge in [-0.05, 0) is 0 Å². The highest BCUT2D eigenvalue weighted by Crippen LogP contribution is 1.34. The Bertz CT molecular complexity index is 45.3. The summed E-state index contributed by atoms with van der Waals surface area (Å²) < 4.78 is 5.96. The largest absolute Gasteiger partial charge is 0.384 e. The molecule has 0 heterocycles. The van der Waals surface area contributed by atoms with Crippen LogP contribution in [0.3, 0.4) is 0 Å². The molecule has 0 bridgehead atoms. The Morgan fingerprint density at radius 3 is 3.25 bits per heavy atom. The molecule has 0 aliphatic rings. The van der Waals surface area contributed by atoms with E-state index in [1.807, 2.05) is 0 Å². The summed E-state index contributed by atoms with van der Waals surface area (Å²) in [5, 5.41) is 3.70. The molecule has 0 amide bonds. The van der Waals surface area contributed by atoms with Crippen molar-refractivity contribution in [1.82, 2.24) is 0 Å². The maximum Gasteiger partial charge on any atom is 0.211 e. The van der Waals surface area contributed by atoms with Crippen LogP contribution in [0.25, 0.3) is 0 Å². The molecule has 0 rings (SSSR count). The topological polar surface area (TPSA) is 20.2 Å². The summed E-state index contributed by atoms with van der Waals surface area (Å²) in [5.74, 6) is 2.11. The van der Waals surface area contributed by atoms with Gasteiger partial charge in [-0.15, -0.1) is 6.42 Å². The fourth-order valence-corrected chi connectivity index (χ4v) is 0. The molecule has 0 saturated heterocycles. The van der Waals surface area contributed by atoms with Crippen molar-refractivity contribution < 1.29 is 5.11 Å². The van der Waals surface area contributed by atoms with Gasteiger partial charge in [-0.3, -0.25) is 0 Å². The number of hydrogen-bond donors (Lipinski definition) is 1. The molecule has 0 saturated carbocycles. The van der Waals surface area contributed by atoms with Gasteiger partial charge in [0.1, 0.15) is 6.61 Å². The van der Waals surface area contributed by atoms with Crippen molar-refractivity contribution in [1.29, 1.82) is 1.43 Å². The first kappa shape index (κ1) is 1.80. The maximum absolute atomic E-state index is 5.96. The quantitative estimate of drug-likeness (QED) is 0.406. The first-order chi connectivity index (χ1) is 2.41. The first-order valence-corrected chi connectivity index (χ1v) is 0.931. The van der Waals surface area contributed by atoms with Gasteiger partial charge in [-0.25, -0.2) is 0 Å². The van der Waals surface area contributed by atoms with Crippen LogP contribution in [0.5, 0.6) is 0 Å². The highest BCUT2D eigenvalue weighted by atomic mass is 16.2. The Kier molecular flexibility index (Phi) is 1.14. The second-order valence-electron chi connectivity index (χ2n) is 0.348. The number of terminal acetylenes is 1. The molecule has 1 N–H and O–H groups in total. The second kappa shape index (κ2) is 2.52. The van der Waals surface area contributed by atoms with Crippen molar-refractivity contribution in [3.8, 4) is 12.3 Å². The van der Waals surface area contributed by atoms with E-state index >= 15 is 0 Å². The van der Waals surface area contributed by atoms with Crippen LogP contribution in [0.2, 0.25) is 0 Å². The summed E-state index contributed by atoms with van der Waals surface area (Å²) in [4.78, 5) is 0. The molecule has 0 aliphatic heterocycles. The predicted molar refractivity (Wildman–Crippen MR) is 15.9 cm³/mol. The lowest BCUT2D eigenvalue weighted by Crippen LogP contribution is -1.64. The number of aliphatic hydroxyl groups excluding tert-OH is 1. The second-order valence-corrected chi connectivity index (χ2v) is 0.348. The third-order valence-electron chi connectivity index (χ3n) is 0.0833. The van der Waals surface area contributed by atoms with Crippen LogP contribution >= 0.6 is 0 Å². The Morgan fingerprint density at radius 1 is 2.50 bits per heavy atom. The summed E-state index contributed by atoms with van der Waals surface area (Å²) in [7, 11) is 0. The van der Waals surface area contributed by atoms with Gasteiger partial charge in [-0.2, -0.15) is 0 Å². The molecule has 0 spiro atoms. The van der Waals surface area contributed by atoms with Gasteiger partial charge in [0.25, 0.3) is 0 Å². The fraction of sp³-hybridized carbons (Fsp3) is 0.333. The Labute approximate surface area is 26.8 Å². The van der Waals surface area contributed by atoms with Crippen molar-refractivity contribution in [3.05, 3.63) is 0 Å². The molecule has 1 heteroatoms. The van der Waals surface area contributed by atoms with Crippen LogP contribution in [0.1, 0.15) is 0 Å². The van der Waals surface area contributed by atoms with E-state index in [1.54, 1.807) is 0 Å². The van der Waals surface area contributed by atoms with E-state index in [-0.39, 0.29) is 6.61 Å². The molecular weight excluding hydrogens is 52.0 g/mol. The van der Waals surface area contributed by atoms with E-state index in [9.17, 15) is 0 Å². The van der Waals surface area contributed by atoms with Gasteiger partial charge in [0.15, 0.2) is 0 Å². The zero-order valence-electron chi connectivity index (χ0n) is 3.19. The molecule has 22 valence electrons. The Balaban J connectivity index is 2.48. The van der Waals surface area contributed by atoms with E-state index < -0.39 is 0 Å². The summed E-state index contributed by atoms with van der Waals surface area (Å²) in [6.45, 7) is 0.0833. The first-order valence-electron chi connectivity index (χ1n) is 1.34. The van der Waals surface area contributed by atoms with E-state index in [1.165, 1.54) is 0 Å². The van der Waals surface area contributed by atoms with Crippen molar-refractivity contribution in [3.63, 3.8) is 0 Å². The van der Waals surface area contributed by atoms with Gasteiger partial charge >= 0.3 is 0 Å². The lowest BCUT2D eigenvalue weighted by molar-refractivity contribution is 0.351. The fourth-order valence-electron chi connectivity index (χ4n) is 0. The molecule has 1 nitrogen and oxygen atoms in total. The lowest BCUT2D eigenvalue weighted by atomic mass is 10.8. The van der Waals surface area contributed by atoms with Gasteiger partial charge in [0.05, 0.1) is 0 Å². The summed E-state index contributed by atoms with van der Waals surface area (Å²) in [5.41, 5.74) is 0. The van der Waals surface area contributed by atoms with Gasteiger partial charge in [0, 0.05) is 0 Å². The van der Waals surface area contributed by atoms with Crippen molar-refractivity contribution in [2.24, 2.45) is 0 Å². The molecule has 0 atom stereocenters. The zero-order valence-corrected chi connectivity index (χ0v) is 2.19. The van der Waals surface area contributed by atoms with Crippen LogP contribution in [0.15, 0.2) is 0 Å². The number of aliphatic hydroxyl groups is 1. The van der Waals surface area contributed by atoms with E-state index in [0.717, 1.165) is 0 Å². The smallest absolute Gasteiger partial charge is 0.211 e. The van der Waals surface area contributed by atoms with E-state index in [0.29, 0.717) is 0 Å². The molecule has 0 fully saturated rings. The highest BCUT2D eigenvalue weighted by Gasteiger charge is 1.43. The molecule has 4 heavy (non-hydrogen) atoms. The highest BCUT2D eigenvalue weighted by molar-refractivity contribution is 4.81. The average molecular weight is 57.1 g/mol. The molecule has 0 aromatic heterocycles. The monoisotopic (exact) mass is 57.0 g/mol. The lowest BCUT2D eigenvalue weighted by Gasteiger charge is -1.55. The minimum atomic E-state index is 0.0833. The van der Waals surface area contributed by atoms with Crippen LogP contribution in [-0.4, -0.2) is 13.1 Å². The summed E-state index contributed by atoms with van der Waals surface area (Å²) >= 11 is 0. The van der Waals surface area contributed by atoms with Crippen molar-refractivity contribution in [2.45, 2.75) is 0 Å². The Morgan fingerprint density at radius 2 is 3.25 bits per heavy atom. The molecule has 0 unspecified atom stereocenters. The molecule has 0 aliphatic carbocycles. The molecule has 0 aromatic rings. The molecule has 0 radical (unpaired) electrons. The average Bonchev–Trinajstić information content (AvgIpc) is 1.41. The van der Waals surface area contributed by atoms with Crippen molar-refractivity contribution >= 4 is 0 Å². The standard InChI is InChI=1S/C3H4O/c1-2-3-4/h1,4H,3H2/i4D. The SMILES string of the molecule is [2H]OCC#C. The number of rotatable bonds is 1.